The van der Waals surface area contributed by atoms with Crippen LogP contribution in [-0.2, 0) is 20.2 Å². The second kappa shape index (κ2) is 8.64. The highest BCUT2D eigenvalue weighted by Gasteiger charge is 2.20. The molecule has 0 bridgehead atoms. The number of nitrogen functional groups attached to an aromatic ring is 1. The molecule has 28 heavy (non-hydrogen) atoms. The third-order valence-corrected chi connectivity index (χ3v) is 5.25. The Hall–Kier alpha value is -2.55. The summed E-state index contributed by atoms with van der Waals surface area (Å²) in [6, 6.07) is 2.45. The standard InChI is InChI=1S/C14H20N6O6S2/c1-2-3-4-7-16-13-18-12(15)19-14(20-13)17-10-8-9(27(21,22)23)5-6-11(10)28(24,25)26/h5-6,8H,2-4,7H2,1H3,(H,21,22,23)(H,24,25,26)(H4,15,16,17,18,19,20). The summed E-state index contributed by atoms with van der Waals surface area (Å²) in [5.74, 6) is -0.233. The summed E-state index contributed by atoms with van der Waals surface area (Å²) in [5.41, 5.74) is 5.25. The molecule has 0 saturated heterocycles. The molecule has 1 aromatic carbocycles. The highest BCUT2D eigenvalue weighted by Crippen LogP contribution is 2.27. The van der Waals surface area contributed by atoms with E-state index in [0.29, 0.717) is 6.54 Å². The van der Waals surface area contributed by atoms with Gasteiger partial charge in [0.05, 0.1) is 10.6 Å². The fourth-order valence-electron chi connectivity index (χ4n) is 2.22. The molecule has 0 atom stereocenters. The van der Waals surface area contributed by atoms with Gasteiger partial charge >= 0.3 is 0 Å². The minimum Gasteiger partial charge on any atom is -0.368 e. The van der Waals surface area contributed by atoms with Gasteiger partial charge < -0.3 is 16.4 Å². The highest BCUT2D eigenvalue weighted by atomic mass is 32.2. The smallest absolute Gasteiger partial charge is 0.296 e. The largest absolute Gasteiger partial charge is 0.368 e. The zero-order valence-corrected chi connectivity index (χ0v) is 16.5. The van der Waals surface area contributed by atoms with E-state index in [2.05, 4.69) is 32.5 Å². The van der Waals surface area contributed by atoms with Gasteiger partial charge in [-0.2, -0.15) is 31.8 Å². The maximum Gasteiger partial charge on any atom is 0.296 e. The van der Waals surface area contributed by atoms with Crippen LogP contribution in [0.15, 0.2) is 28.0 Å². The van der Waals surface area contributed by atoms with Gasteiger partial charge in [-0.05, 0) is 24.6 Å². The number of unbranched alkanes of at least 4 members (excludes halogenated alkanes) is 2. The summed E-state index contributed by atoms with van der Waals surface area (Å²) in [7, 11) is -9.33. The molecule has 6 N–H and O–H groups in total. The first kappa shape index (κ1) is 21.7. The van der Waals surface area contributed by atoms with Gasteiger partial charge in [-0.3, -0.25) is 9.11 Å². The molecule has 12 nitrogen and oxygen atoms in total. The molecule has 2 rings (SSSR count). The first-order chi connectivity index (χ1) is 13.0. The lowest BCUT2D eigenvalue weighted by Crippen LogP contribution is -2.12. The van der Waals surface area contributed by atoms with Crippen molar-refractivity contribution in [3.63, 3.8) is 0 Å². The Balaban J connectivity index is 2.39. The number of nitrogens with two attached hydrogens (primary N) is 1. The summed E-state index contributed by atoms with van der Waals surface area (Å²) in [5, 5.41) is 5.42. The molecule has 1 aromatic heterocycles. The van der Waals surface area contributed by atoms with Crippen molar-refractivity contribution < 1.29 is 25.9 Å². The molecule has 0 radical (unpaired) electrons. The van der Waals surface area contributed by atoms with E-state index >= 15 is 0 Å². The van der Waals surface area contributed by atoms with E-state index in [-0.39, 0.29) is 23.5 Å². The summed E-state index contributed by atoms with van der Waals surface area (Å²) in [4.78, 5) is 10.5. The average Bonchev–Trinajstić information content (AvgIpc) is 2.56. The van der Waals surface area contributed by atoms with Crippen molar-refractivity contribution >= 4 is 43.8 Å². The van der Waals surface area contributed by atoms with Gasteiger partial charge in [0.25, 0.3) is 20.2 Å². The molecule has 0 aliphatic heterocycles. The molecule has 0 fully saturated rings. The van der Waals surface area contributed by atoms with E-state index in [1.165, 1.54) is 0 Å². The van der Waals surface area contributed by atoms with E-state index < -0.39 is 30.0 Å². The molecule has 0 amide bonds. The molecule has 0 spiro atoms. The Morgan fingerprint density at radius 3 is 2.29 bits per heavy atom. The number of anilines is 4. The maximum absolute atomic E-state index is 11.6. The lowest BCUT2D eigenvalue weighted by molar-refractivity contribution is 0.479. The fourth-order valence-corrected chi connectivity index (χ4v) is 3.35. The van der Waals surface area contributed by atoms with Crippen LogP contribution in [0.5, 0.6) is 0 Å². The summed E-state index contributed by atoms with van der Waals surface area (Å²) in [6.45, 7) is 2.63. The lowest BCUT2D eigenvalue weighted by atomic mass is 10.2. The highest BCUT2D eigenvalue weighted by molar-refractivity contribution is 7.86. The molecule has 0 saturated carbocycles. The fraction of sp³-hybridized carbons (Fsp3) is 0.357. The summed E-state index contributed by atoms with van der Waals surface area (Å²) >= 11 is 0. The third-order valence-electron chi connectivity index (χ3n) is 3.49. The van der Waals surface area contributed by atoms with Crippen LogP contribution in [0.3, 0.4) is 0 Å². The number of aromatic nitrogens is 3. The van der Waals surface area contributed by atoms with Crippen LogP contribution < -0.4 is 16.4 Å². The summed E-state index contributed by atoms with van der Waals surface area (Å²) in [6.07, 6.45) is 2.89. The van der Waals surface area contributed by atoms with Gasteiger partial charge in [-0.1, -0.05) is 19.8 Å². The molecule has 1 heterocycles. The van der Waals surface area contributed by atoms with Crippen LogP contribution in [0.1, 0.15) is 26.2 Å². The molecule has 14 heteroatoms. The third kappa shape index (κ3) is 5.98. The average molecular weight is 432 g/mol. The van der Waals surface area contributed by atoms with Crippen molar-refractivity contribution in [2.75, 3.05) is 22.9 Å². The first-order valence-corrected chi connectivity index (χ1v) is 11.0. The van der Waals surface area contributed by atoms with Gasteiger partial charge in [-0.25, -0.2) is 0 Å². The van der Waals surface area contributed by atoms with Crippen molar-refractivity contribution in [2.24, 2.45) is 0 Å². The quantitative estimate of drug-likeness (QED) is 0.281. The van der Waals surface area contributed by atoms with E-state index in [4.69, 9.17) is 10.3 Å². The topological polar surface area (TPSA) is 197 Å². The van der Waals surface area contributed by atoms with E-state index in [0.717, 1.165) is 37.5 Å². The van der Waals surface area contributed by atoms with Crippen LogP contribution in [0.25, 0.3) is 0 Å². The number of benzene rings is 1. The van der Waals surface area contributed by atoms with Gasteiger partial charge in [0.2, 0.25) is 17.8 Å². The van der Waals surface area contributed by atoms with E-state index in [9.17, 15) is 21.4 Å². The number of hydrogen-bond donors (Lipinski definition) is 5. The van der Waals surface area contributed by atoms with Crippen molar-refractivity contribution in [1.82, 2.24) is 15.0 Å². The molecule has 0 aliphatic carbocycles. The Morgan fingerprint density at radius 2 is 1.68 bits per heavy atom. The second-order valence-electron chi connectivity index (χ2n) is 5.71. The Bertz CT molecular complexity index is 1060. The second-order valence-corrected chi connectivity index (χ2v) is 8.52. The molecular weight excluding hydrogens is 412 g/mol. The normalized spacial score (nSPS) is 12.0. The van der Waals surface area contributed by atoms with Gasteiger partial charge in [0.15, 0.2) is 0 Å². The zero-order chi connectivity index (χ0) is 20.9. The molecule has 2 aromatic rings. The van der Waals surface area contributed by atoms with Crippen molar-refractivity contribution in [3.05, 3.63) is 18.2 Å². The zero-order valence-electron chi connectivity index (χ0n) is 14.8. The van der Waals surface area contributed by atoms with Crippen molar-refractivity contribution in [2.45, 2.75) is 36.0 Å². The van der Waals surface area contributed by atoms with Crippen LogP contribution in [0.4, 0.5) is 23.5 Å². The van der Waals surface area contributed by atoms with Crippen molar-refractivity contribution in [1.29, 1.82) is 0 Å². The predicted molar refractivity (Wildman–Crippen MR) is 102 cm³/mol. The van der Waals surface area contributed by atoms with Crippen LogP contribution in [0.2, 0.25) is 0 Å². The molecule has 154 valence electrons. The summed E-state index contributed by atoms with van der Waals surface area (Å²) < 4.78 is 64.3. The van der Waals surface area contributed by atoms with Crippen LogP contribution in [-0.4, -0.2) is 47.4 Å². The number of nitrogens with one attached hydrogen (secondary N) is 2. The monoisotopic (exact) mass is 432 g/mol. The molecular formula is C14H20N6O6S2. The predicted octanol–water partition coefficient (Wildman–Crippen LogP) is 1.29. The number of rotatable bonds is 9. The number of nitrogens with zero attached hydrogens (tertiary/aromatic N) is 3. The van der Waals surface area contributed by atoms with Gasteiger partial charge in [0, 0.05) is 6.54 Å². The SMILES string of the molecule is CCCCCNc1nc(N)nc(Nc2cc(S(=O)(=O)O)ccc2S(=O)(=O)O)n1. The first-order valence-electron chi connectivity index (χ1n) is 8.12. The van der Waals surface area contributed by atoms with Gasteiger partial charge in [0.1, 0.15) is 4.90 Å². The van der Waals surface area contributed by atoms with Crippen LogP contribution >= 0.6 is 0 Å². The van der Waals surface area contributed by atoms with E-state index in [1.807, 2.05) is 0 Å². The maximum atomic E-state index is 11.6. The minimum atomic E-state index is -4.71. The van der Waals surface area contributed by atoms with E-state index in [1.54, 1.807) is 0 Å². The molecule has 0 unspecified atom stereocenters. The van der Waals surface area contributed by atoms with Crippen molar-refractivity contribution in [3.8, 4) is 0 Å². The van der Waals surface area contributed by atoms with Gasteiger partial charge in [-0.15, -0.1) is 0 Å². The Kier molecular flexibility index (Phi) is 6.71. The lowest BCUT2D eigenvalue weighted by Gasteiger charge is -2.12. The Labute approximate surface area is 162 Å². The van der Waals surface area contributed by atoms with Crippen LogP contribution in [0, 0.1) is 0 Å². The molecule has 0 aliphatic rings. The minimum absolute atomic E-state index is 0.130. The number of hydrogen-bond acceptors (Lipinski definition) is 10. The Morgan fingerprint density at radius 1 is 1.00 bits per heavy atom.